The molecule has 1 rings (SSSR count). The molecule has 1 unspecified atom stereocenters. The lowest BCUT2D eigenvalue weighted by Crippen LogP contribution is -2.39. The molecule has 3 nitrogen and oxygen atoms in total. The molecule has 17 heavy (non-hydrogen) atoms. The molecule has 0 bridgehead atoms. The van der Waals surface area contributed by atoms with Crippen LogP contribution in [0.4, 0.5) is 0 Å². The molecule has 3 N–H and O–H groups in total. The Labute approximate surface area is 104 Å². The van der Waals surface area contributed by atoms with Gasteiger partial charge in [0, 0.05) is 25.7 Å². The van der Waals surface area contributed by atoms with Gasteiger partial charge in [-0.3, -0.25) is 0 Å². The molecule has 0 radical (unpaired) electrons. The van der Waals surface area contributed by atoms with Crippen molar-refractivity contribution in [2.75, 3.05) is 26.9 Å². The fraction of sp³-hybridized carbons (Fsp3) is 0.571. The largest absolute Gasteiger partial charge is 0.395 e. The van der Waals surface area contributed by atoms with Crippen molar-refractivity contribution in [2.24, 2.45) is 5.73 Å². The SMILES string of the molecule is COCCCC(CN)(CO)c1cccc(C)c1. The Morgan fingerprint density at radius 3 is 2.71 bits per heavy atom. The van der Waals surface area contributed by atoms with Crippen LogP contribution in [0.1, 0.15) is 24.0 Å². The van der Waals surface area contributed by atoms with Crippen LogP contribution >= 0.6 is 0 Å². The van der Waals surface area contributed by atoms with E-state index in [-0.39, 0.29) is 12.0 Å². The van der Waals surface area contributed by atoms with Crippen LogP contribution in [-0.4, -0.2) is 32.0 Å². The fourth-order valence-corrected chi connectivity index (χ4v) is 2.13. The van der Waals surface area contributed by atoms with Gasteiger partial charge in [-0.05, 0) is 25.3 Å². The van der Waals surface area contributed by atoms with E-state index in [1.165, 1.54) is 5.56 Å². The third-order valence-electron chi connectivity index (χ3n) is 3.33. The summed E-state index contributed by atoms with van der Waals surface area (Å²) in [6, 6.07) is 8.22. The van der Waals surface area contributed by atoms with E-state index >= 15 is 0 Å². The van der Waals surface area contributed by atoms with Gasteiger partial charge in [-0.2, -0.15) is 0 Å². The van der Waals surface area contributed by atoms with E-state index < -0.39 is 0 Å². The Hall–Kier alpha value is -0.900. The number of aryl methyl sites for hydroxylation is 1. The summed E-state index contributed by atoms with van der Waals surface area (Å²) in [6.07, 6.45) is 1.75. The Morgan fingerprint density at radius 2 is 2.18 bits per heavy atom. The maximum Gasteiger partial charge on any atom is 0.0540 e. The van der Waals surface area contributed by atoms with Crippen LogP contribution < -0.4 is 5.73 Å². The van der Waals surface area contributed by atoms with E-state index in [2.05, 4.69) is 19.1 Å². The van der Waals surface area contributed by atoms with Gasteiger partial charge in [0.25, 0.3) is 0 Å². The molecule has 0 aliphatic rings. The standard InChI is InChI=1S/C14H23NO2/c1-12-5-3-6-13(9-12)14(10-15,11-16)7-4-8-17-2/h3,5-6,9,16H,4,7-8,10-11,15H2,1-2H3. The van der Waals surface area contributed by atoms with Crippen molar-refractivity contribution in [3.63, 3.8) is 0 Å². The number of hydrogen-bond acceptors (Lipinski definition) is 3. The quantitative estimate of drug-likeness (QED) is 0.708. The molecule has 0 saturated carbocycles. The van der Waals surface area contributed by atoms with E-state index in [1.54, 1.807) is 7.11 Å². The van der Waals surface area contributed by atoms with Crippen molar-refractivity contribution in [1.82, 2.24) is 0 Å². The van der Waals surface area contributed by atoms with Crippen LogP contribution in [-0.2, 0) is 10.2 Å². The first-order valence-corrected chi connectivity index (χ1v) is 6.05. The molecule has 0 saturated heterocycles. The molecule has 0 fully saturated rings. The highest BCUT2D eigenvalue weighted by Crippen LogP contribution is 2.28. The van der Waals surface area contributed by atoms with Gasteiger partial charge in [0.1, 0.15) is 0 Å². The van der Waals surface area contributed by atoms with Crippen LogP contribution in [0.25, 0.3) is 0 Å². The minimum Gasteiger partial charge on any atom is -0.395 e. The van der Waals surface area contributed by atoms with Crippen LogP contribution in [0, 0.1) is 6.92 Å². The number of nitrogens with two attached hydrogens (primary N) is 1. The van der Waals surface area contributed by atoms with Crippen LogP contribution in [0.2, 0.25) is 0 Å². The van der Waals surface area contributed by atoms with E-state index in [1.807, 2.05) is 12.1 Å². The average Bonchev–Trinajstić information content (AvgIpc) is 2.35. The molecule has 0 aromatic heterocycles. The van der Waals surface area contributed by atoms with E-state index in [0.717, 1.165) is 18.4 Å². The highest BCUT2D eigenvalue weighted by molar-refractivity contribution is 5.30. The minimum atomic E-state index is -0.329. The summed E-state index contributed by atoms with van der Waals surface area (Å²) in [6.45, 7) is 3.29. The second-order valence-electron chi connectivity index (χ2n) is 4.61. The topological polar surface area (TPSA) is 55.5 Å². The Morgan fingerprint density at radius 1 is 1.41 bits per heavy atom. The number of ether oxygens (including phenoxy) is 1. The van der Waals surface area contributed by atoms with E-state index in [9.17, 15) is 5.11 Å². The second kappa shape index (κ2) is 6.74. The lowest BCUT2D eigenvalue weighted by Gasteiger charge is -2.31. The summed E-state index contributed by atoms with van der Waals surface area (Å²) in [5, 5.41) is 9.70. The summed E-state index contributed by atoms with van der Waals surface area (Å²) < 4.78 is 5.06. The highest BCUT2D eigenvalue weighted by Gasteiger charge is 2.29. The lowest BCUT2D eigenvalue weighted by molar-refractivity contribution is 0.153. The fourth-order valence-electron chi connectivity index (χ4n) is 2.13. The number of hydrogen-bond donors (Lipinski definition) is 2. The van der Waals surface area contributed by atoms with Crippen molar-refractivity contribution >= 4 is 0 Å². The summed E-state index contributed by atoms with van der Waals surface area (Å²) in [5.74, 6) is 0. The molecule has 1 atom stereocenters. The van der Waals surface area contributed by atoms with Crippen LogP contribution in [0.5, 0.6) is 0 Å². The molecule has 0 aliphatic heterocycles. The predicted molar refractivity (Wildman–Crippen MR) is 70.1 cm³/mol. The molecule has 3 heteroatoms. The molecule has 0 amide bonds. The second-order valence-corrected chi connectivity index (χ2v) is 4.61. The summed E-state index contributed by atoms with van der Waals surface area (Å²) in [4.78, 5) is 0. The van der Waals surface area contributed by atoms with Crippen molar-refractivity contribution < 1.29 is 9.84 Å². The Kier molecular flexibility index (Phi) is 5.62. The van der Waals surface area contributed by atoms with Crippen LogP contribution in [0.3, 0.4) is 0 Å². The first kappa shape index (κ1) is 14.2. The van der Waals surface area contributed by atoms with E-state index in [0.29, 0.717) is 13.2 Å². The maximum atomic E-state index is 9.70. The summed E-state index contributed by atoms with van der Waals surface area (Å²) in [5.41, 5.74) is 7.87. The van der Waals surface area contributed by atoms with Crippen molar-refractivity contribution in [1.29, 1.82) is 0 Å². The molecule has 0 heterocycles. The van der Waals surface area contributed by atoms with Crippen LogP contribution in [0.15, 0.2) is 24.3 Å². The van der Waals surface area contributed by atoms with Gasteiger partial charge < -0.3 is 15.6 Å². The molecule has 1 aromatic carbocycles. The third kappa shape index (κ3) is 3.53. The van der Waals surface area contributed by atoms with Crippen molar-refractivity contribution in [2.45, 2.75) is 25.2 Å². The molecule has 0 spiro atoms. The van der Waals surface area contributed by atoms with Gasteiger partial charge in [-0.25, -0.2) is 0 Å². The molecule has 96 valence electrons. The first-order chi connectivity index (χ1) is 8.18. The van der Waals surface area contributed by atoms with Gasteiger partial charge in [0.15, 0.2) is 0 Å². The maximum absolute atomic E-state index is 9.70. The number of aliphatic hydroxyl groups is 1. The van der Waals surface area contributed by atoms with Gasteiger partial charge in [0.05, 0.1) is 6.61 Å². The molecule has 0 aliphatic carbocycles. The lowest BCUT2D eigenvalue weighted by atomic mass is 9.77. The number of aliphatic hydroxyl groups excluding tert-OH is 1. The van der Waals surface area contributed by atoms with E-state index in [4.69, 9.17) is 10.5 Å². The minimum absolute atomic E-state index is 0.0800. The van der Waals surface area contributed by atoms with Gasteiger partial charge in [-0.1, -0.05) is 29.8 Å². The van der Waals surface area contributed by atoms with Gasteiger partial charge in [0.2, 0.25) is 0 Å². The highest BCUT2D eigenvalue weighted by atomic mass is 16.5. The predicted octanol–water partition coefficient (Wildman–Crippen LogP) is 1.61. The number of rotatable bonds is 7. The Bertz CT molecular complexity index is 335. The number of benzene rings is 1. The normalized spacial score (nSPS) is 14.6. The zero-order valence-electron chi connectivity index (χ0n) is 10.8. The van der Waals surface area contributed by atoms with Crippen molar-refractivity contribution in [3.8, 4) is 0 Å². The van der Waals surface area contributed by atoms with Crippen molar-refractivity contribution in [3.05, 3.63) is 35.4 Å². The first-order valence-electron chi connectivity index (χ1n) is 6.05. The Balaban J connectivity index is 2.89. The zero-order chi connectivity index (χ0) is 12.7. The summed E-state index contributed by atoms with van der Waals surface area (Å²) in [7, 11) is 1.69. The smallest absolute Gasteiger partial charge is 0.0540 e. The zero-order valence-corrected chi connectivity index (χ0v) is 10.8. The van der Waals surface area contributed by atoms with Gasteiger partial charge >= 0.3 is 0 Å². The average molecular weight is 237 g/mol. The monoisotopic (exact) mass is 237 g/mol. The molecular weight excluding hydrogens is 214 g/mol. The third-order valence-corrected chi connectivity index (χ3v) is 3.33. The molecular formula is C14H23NO2. The molecule has 1 aromatic rings. The number of methoxy groups -OCH3 is 1. The summed E-state index contributed by atoms with van der Waals surface area (Å²) >= 11 is 0. The van der Waals surface area contributed by atoms with Gasteiger partial charge in [-0.15, -0.1) is 0 Å².